The van der Waals surface area contributed by atoms with Crippen molar-refractivity contribution < 1.29 is 19.1 Å². The second kappa shape index (κ2) is 9.10. The average molecular weight is 377 g/mol. The number of hydrogen-bond donors (Lipinski definition) is 2. The van der Waals surface area contributed by atoms with Crippen molar-refractivity contribution in [3.63, 3.8) is 0 Å². The van der Waals surface area contributed by atoms with Crippen molar-refractivity contribution in [3.05, 3.63) is 52.5 Å². The summed E-state index contributed by atoms with van der Waals surface area (Å²) in [5.74, 6) is -0.254. The van der Waals surface area contributed by atoms with E-state index < -0.39 is 5.97 Å². The molecule has 1 amide bonds. The van der Waals surface area contributed by atoms with Gasteiger partial charge in [0.05, 0.1) is 31.5 Å². The number of anilines is 2. The third-order valence-corrected chi connectivity index (χ3v) is 4.02. The van der Waals surface area contributed by atoms with E-state index in [-0.39, 0.29) is 19.1 Å². The number of methoxy groups -OCH3 is 1. The van der Waals surface area contributed by atoms with Crippen LogP contribution in [0.1, 0.15) is 22.8 Å². The summed E-state index contributed by atoms with van der Waals surface area (Å²) in [4.78, 5) is 24.2. The highest BCUT2D eigenvalue weighted by Crippen LogP contribution is 2.30. The van der Waals surface area contributed by atoms with Crippen LogP contribution < -0.4 is 15.4 Å². The lowest BCUT2D eigenvalue weighted by Gasteiger charge is -2.14. The molecule has 0 bridgehead atoms. The van der Waals surface area contributed by atoms with Crippen molar-refractivity contribution in [2.45, 2.75) is 13.8 Å². The van der Waals surface area contributed by atoms with Crippen molar-refractivity contribution in [1.29, 1.82) is 0 Å². The Morgan fingerprint density at radius 2 is 1.88 bits per heavy atom. The Morgan fingerprint density at radius 3 is 2.58 bits per heavy atom. The highest BCUT2D eigenvalue weighted by molar-refractivity contribution is 6.31. The van der Waals surface area contributed by atoms with Crippen molar-refractivity contribution in [3.8, 4) is 5.75 Å². The largest absolute Gasteiger partial charge is 0.495 e. The summed E-state index contributed by atoms with van der Waals surface area (Å²) in [6.07, 6.45) is 0. The third kappa shape index (κ3) is 4.89. The van der Waals surface area contributed by atoms with Gasteiger partial charge in [-0.15, -0.1) is 0 Å². The minimum Gasteiger partial charge on any atom is -0.495 e. The van der Waals surface area contributed by atoms with E-state index >= 15 is 0 Å². The molecule has 0 radical (unpaired) electrons. The number of amides is 1. The van der Waals surface area contributed by atoms with Gasteiger partial charge in [-0.25, -0.2) is 4.79 Å². The predicted molar refractivity (Wildman–Crippen MR) is 102 cm³/mol. The van der Waals surface area contributed by atoms with Gasteiger partial charge in [-0.3, -0.25) is 4.79 Å². The van der Waals surface area contributed by atoms with Crippen molar-refractivity contribution in [2.75, 3.05) is 30.9 Å². The molecule has 0 heterocycles. The molecule has 0 aliphatic rings. The SMILES string of the molecule is CCOC(=O)c1ccccc1NCC(=O)Nc1cc(C)c(Cl)cc1OC. The van der Waals surface area contributed by atoms with Gasteiger partial charge in [-0.05, 0) is 37.6 Å². The van der Waals surface area contributed by atoms with Crippen LogP contribution in [0.4, 0.5) is 11.4 Å². The summed E-state index contributed by atoms with van der Waals surface area (Å²) in [7, 11) is 1.50. The molecule has 0 saturated heterocycles. The van der Waals surface area contributed by atoms with Gasteiger partial charge in [-0.2, -0.15) is 0 Å². The van der Waals surface area contributed by atoms with E-state index in [2.05, 4.69) is 10.6 Å². The summed E-state index contributed by atoms with van der Waals surface area (Å²) >= 11 is 6.07. The lowest BCUT2D eigenvalue weighted by atomic mass is 10.1. The zero-order valence-electron chi connectivity index (χ0n) is 14.9. The normalized spacial score (nSPS) is 10.2. The van der Waals surface area contributed by atoms with Gasteiger partial charge in [0.15, 0.2) is 0 Å². The van der Waals surface area contributed by atoms with Crippen LogP contribution >= 0.6 is 11.6 Å². The van der Waals surface area contributed by atoms with Gasteiger partial charge in [-0.1, -0.05) is 23.7 Å². The molecule has 0 aliphatic heterocycles. The highest BCUT2D eigenvalue weighted by atomic mass is 35.5. The second-order valence-electron chi connectivity index (χ2n) is 5.47. The zero-order chi connectivity index (χ0) is 19.1. The number of aryl methyl sites for hydroxylation is 1. The predicted octanol–water partition coefficient (Wildman–Crippen LogP) is 3.88. The minimum atomic E-state index is -0.439. The molecule has 0 aliphatic carbocycles. The molecule has 2 N–H and O–H groups in total. The van der Waals surface area contributed by atoms with Gasteiger partial charge < -0.3 is 20.1 Å². The molecule has 0 atom stereocenters. The molecule has 0 aromatic heterocycles. The van der Waals surface area contributed by atoms with Gasteiger partial charge in [0.1, 0.15) is 5.75 Å². The third-order valence-electron chi connectivity index (χ3n) is 3.62. The van der Waals surface area contributed by atoms with E-state index in [0.717, 1.165) is 5.56 Å². The number of nitrogens with one attached hydrogen (secondary N) is 2. The molecule has 2 aromatic rings. The quantitative estimate of drug-likeness (QED) is 0.717. The fourth-order valence-corrected chi connectivity index (χ4v) is 2.48. The van der Waals surface area contributed by atoms with Gasteiger partial charge in [0.2, 0.25) is 5.91 Å². The number of halogens is 1. The number of carbonyl (C=O) groups excluding carboxylic acids is 2. The number of ether oxygens (including phenoxy) is 2. The summed E-state index contributed by atoms with van der Waals surface area (Å²) in [5, 5.41) is 6.29. The molecule has 0 spiro atoms. The van der Waals surface area contributed by atoms with Crippen molar-refractivity contribution in [2.24, 2.45) is 0 Å². The second-order valence-corrected chi connectivity index (χ2v) is 5.88. The molecule has 0 fully saturated rings. The molecule has 2 aromatic carbocycles. The maximum absolute atomic E-state index is 12.3. The van der Waals surface area contributed by atoms with E-state index in [0.29, 0.717) is 27.7 Å². The molecule has 26 heavy (non-hydrogen) atoms. The molecular weight excluding hydrogens is 356 g/mol. The maximum atomic E-state index is 12.3. The Labute approximate surface area is 157 Å². The highest BCUT2D eigenvalue weighted by Gasteiger charge is 2.14. The smallest absolute Gasteiger partial charge is 0.340 e. The first-order valence-electron chi connectivity index (χ1n) is 8.10. The van der Waals surface area contributed by atoms with E-state index in [1.165, 1.54) is 7.11 Å². The first-order valence-corrected chi connectivity index (χ1v) is 8.48. The zero-order valence-corrected chi connectivity index (χ0v) is 15.6. The van der Waals surface area contributed by atoms with E-state index in [4.69, 9.17) is 21.1 Å². The molecule has 6 nitrogen and oxygen atoms in total. The molecule has 138 valence electrons. The van der Waals surface area contributed by atoms with E-state index in [1.54, 1.807) is 43.3 Å². The van der Waals surface area contributed by atoms with E-state index in [9.17, 15) is 9.59 Å². The number of benzene rings is 2. The monoisotopic (exact) mass is 376 g/mol. The Bertz CT molecular complexity index is 808. The van der Waals surface area contributed by atoms with Crippen LogP contribution in [0.25, 0.3) is 0 Å². The molecular formula is C19H21ClN2O4. The molecule has 0 unspecified atom stereocenters. The van der Waals surface area contributed by atoms with Crippen LogP contribution in [-0.4, -0.2) is 32.1 Å². The lowest BCUT2D eigenvalue weighted by molar-refractivity contribution is -0.114. The summed E-state index contributed by atoms with van der Waals surface area (Å²) in [6, 6.07) is 10.3. The lowest BCUT2D eigenvalue weighted by Crippen LogP contribution is -2.23. The number of rotatable bonds is 7. The van der Waals surface area contributed by atoms with Crippen LogP contribution in [0.2, 0.25) is 5.02 Å². The molecule has 7 heteroatoms. The fraction of sp³-hybridized carbons (Fsp3) is 0.263. The van der Waals surface area contributed by atoms with Crippen molar-refractivity contribution in [1.82, 2.24) is 0 Å². The van der Waals surface area contributed by atoms with Crippen LogP contribution in [0.3, 0.4) is 0 Å². The van der Waals surface area contributed by atoms with Crippen molar-refractivity contribution >= 4 is 34.9 Å². The standard InChI is InChI=1S/C19H21ClN2O4/c1-4-26-19(24)13-7-5-6-8-15(13)21-11-18(23)22-16-9-12(2)14(20)10-17(16)25-3/h5-10,21H,4,11H2,1-3H3,(H,22,23). The number of esters is 1. The number of carbonyl (C=O) groups is 2. The fourth-order valence-electron chi connectivity index (χ4n) is 2.32. The van der Waals surface area contributed by atoms with Crippen LogP contribution in [0, 0.1) is 6.92 Å². The Balaban J connectivity index is 2.07. The average Bonchev–Trinajstić information content (AvgIpc) is 2.63. The number of para-hydroxylation sites is 1. The van der Waals surface area contributed by atoms with Gasteiger partial charge in [0, 0.05) is 16.8 Å². The van der Waals surface area contributed by atoms with Gasteiger partial charge >= 0.3 is 5.97 Å². The minimum absolute atomic E-state index is 0.0265. The topological polar surface area (TPSA) is 76.7 Å². The Morgan fingerprint density at radius 1 is 1.15 bits per heavy atom. The summed E-state index contributed by atoms with van der Waals surface area (Å²) in [5.41, 5.74) is 2.26. The number of hydrogen-bond acceptors (Lipinski definition) is 5. The molecule has 0 saturated carbocycles. The van der Waals surface area contributed by atoms with Crippen LogP contribution in [0.5, 0.6) is 5.75 Å². The summed E-state index contributed by atoms with van der Waals surface area (Å²) < 4.78 is 10.3. The maximum Gasteiger partial charge on any atom is 0.340 e. The first-order chi connectivity index (χ1) is 12.5. The Hall–Kier alpha value is -2.73. The Kier molecular flexibility index (Phi) is 6.86. The van der Waals surface area contributed by atoms with Crippen LogP contribution in [-0.2, 0) is 9.53 Å². The van der Waals surface area contributed by atoms with Crippen LogP contribution in [0.15, 0.2) is 36.4 Å². The first kappa shape index (κ1) is 19.6. The summed E-state index contributed by atoms with van der Waals surface area (Å²) in [6.45, 7) is 3.83. The van der Waals surface area contributed by atoms with Gasteiger partial charge in [0.25, 0.3) is 0 Å². The molecule has 2 rings (SSSR count). The van der Waals surface area contributed by atoms with E-state index in [1.807, 2.05) is 6.92 Å².